The molecule has 0 heterocycles. The third-order valence-electron chi connectivity index (χ3n) is 2.53. The fourth-order valence-electron chi connectivity index (χ4n) is 1.67. The van der Waals surface area contributed by atoms with Crippen LogP contribution in [-0.2, 0) is 6.54 Å². The third kappa shape index (κ3) is 3.88. The van der Waals surface area contributed by atoms with Gasteiger partial charge in [-0.3, -0.25) is 0 Å². The molecule has 0 unspecified atom stereocenters. The Morgan fingerprint density at radius 3 is 2.42 bits per heavy atom. The standard InChI is InChI=1S/C14H11Cl2NO2/c15-11-5-12(16)7-13(6-11)17-8-9-2-1-3-10(4-9)14(18)19/h1-7,17H,8H2,(H,18,19). The fraction of sp³-hybridized carbons (Fsp3) is 0.0714. The molecule has 2 aromatic rings. The average Bonchev–Trinajstić information content (AvgIpc) is 2.35. The summed E-state index contributed by atoms with van der Waals surface area (Å²) in [7, 11) is 0. The highest BCUT2D eigenvalue weighted by Gasteiger charge is 2.03. The van der Waals surface area contributed by atoms with Crippen LogP contribution in [0.3, 0.4) is 0 Å². The number of hydrogen-bond donors (Lipinski definition) is 2. The van der Waals surface area contributed by atoms with Gasteiger partial charge in [-0.15, -0.1) is 0 Å². The zero-order valence-corrected chi connectivity index (χ0v) is 11.4. The lowest BCUT2D eigenvalue weighted by atomic mass is 10.1. The van der Waals surface area contributed by atoms with Gasteiger partial charge in [0.1, 0.15) is 0 Å². The lowest BCUT2D eigenvalue weighted by Gasteiger charge is -2.08. The van der Waals surface area contributed by atoms with Gasteiger partial charge in [0, 0.05) is 22.3 Å². The number of carboxylic acids is 1. The van der Waals surface area contributed by atoms with E-state index in [0.29, 0.717) is 16.6 Å². The van der Waals surface area contributed by atoms with Crippen LogP contribution in [0.5, 0.6) is 0 Å². The Labute approximate surface area is 120 Å². The van der Waals surface area contributed by atoms with E-state index in [4.69, 9.17) is 28.3 Å². The van der Waals surface area contributed by atoms with Gasteiger partial charge in [0.2, 0.25) is 0 Å². The van der Waals surface area contributed by atoms with Gasteiger partial charge < -0.3 is 10.4 Å². The van der Waals surface area contributed by atoms with E-state index in [2.05, 4.69) is 5.32 Å². The molecule has 0 aliphatic carbocycles. The first kappa shape index (κ1) is 13.7. The minimum atomic E-state index is -0.937. The van der Waals surface area contributed by atoms with Gasteiger partial charge in [-0.1, -0.05) is 35.3 Å². The van der Waals surface area contributed by atoms with E-state index >= 15 is 0 Å². The summed E-state index contributed by atoms with van der Waals surface area (Å²) in [6.07, 6.45) is 0. The number of aromatic carboxylic acids is 1. The van der Waals surface area contributed by atoms with Crippen molar-refractivity contribution in [1.82, 2.24) is 0 Å². The minimum absolute atomic E-state index is 0.267. The highest BCUT2D eigenvalue weighted by Crippen LogP contribution is 2.22. The Balaban J connectivity index is 2.10. The quantitative estimate of drug-likeness (QED) is 0.884. The van der Waals surface area contributed by atoms with Crippen molar-refractivity contribution in [2.45, 2.75) is 6.54 Å². The number of hydrogen-bond acceptors (Lipinski definition) is 2. The number of benzene rings is 2. The molecule has 0 atom stereocenters. The zero-order chi connectivity index (χ0) is 13.8. The van der Waals surface area contributed by atoms with Crippen LogP contribution in [0.4, 0.5) is 5.69 Å². The molecule has 98 valence electrons. The second-order valence-electron chi connectivity index (χ2n) is 4.02. The molecule has 0 aliphatic rings. The average molecular weight is 296 g/mol. The maximum atomic E-state index is 10.9. The van der Waals surface area contributed by atoms with Crippen LogP contribution in [0.1, 0.15) is 15.9 Å². The summed E-state index contributed by atoms with van der Waals surface area (Å²) >= 11 is 11.8. The lowest BCUT2D eigenvalue weighted by Crippen LogP contribution is -2.02. The van der Waals surface area contributed by atoms with Crippen molar-refractivity contribution in [2.75, 3.05) is 5.32 Å². The zero-order valence-electron chi connectivity index (χ0n) is 9.86. The number of halogens is 2. The summed E-state index contributed by atoms with van der Waals surface area (Å²) < 4.78 is 0. The van der Waals surface area contributed by atoms with Gasteiger partial charge in [-0.2, -0.15) is 0 Å². The van der Waals surface area contributed by atoms with Gasteiger partial charge in [0.15, 0.2) is 0 Å². The maximum absolute atomic E-state index is 10.9. The number of carbonyl (C=O) groups is 1. The Bertz CT molecular complexity index is 594. The van der Waals surface area contributed by atoms with E-state index in [1.165, 1.54) is 0 Å². The van der Waals surface area contributed by atoms with Crippen molar-refractivity contribution < 1.29 is 9.90 Å². The van der Waals surface area contributed by atoms with Gasteiger partial charge in [-0.05, 0) is 35.9 Å². The topological polar surface area (TPSA) is 49.3 Å². The van der Waals surface area contributed by atoms with Gasteiger partial charge in [-0.25, -0.2) is 4.79 Å². The first-order chi connectivity index (χ1) is 9.04. The van der Waals surface area contributed by atoms with Crippen molar-refractivity contribution in [3.8, 4) is 0 Å². The van der Waals surface area contributed by atoms with Crippen molar-refractivity contribution in [2.24, 2.45) is 0 Å². The molecule has 2 aromatic carbocycles. The summed E-state index contributed by atoms with van der Waals surface area (Å²) in [6, 6.07) is 11.9. The molecule has 2 N–H and O–H groups in total. The third-order valence-corrected chi connectivity index (χ3v) is 2.97. The number of nitrogens with one attached hydrogen (secondary N) is 1. The molecule has 0 spiro atoms. The van der Waals surface area contributed by atoms with E-state index in [0.717, 1.165) is 11.3 Å². The van der Waals surface area contributed by atoms with E-state index in [9.17, 15) is 4.79 Å². The molecule has 5 heteroatoms. The molecule has 0 aromatic heterocycles. The molecule has 0 amide bonds. The van der Waals surface area contributed by atoms with Crippen LogP contribution in [0.25, 0.3) is 0 Å². The summed E-state index contributed by atoms with van der Waals surface area (Å²) in [6.45, 7) is 0.498. The molecule has 0 saturated carbocycles. The predicted molar refractivity (Wildman–Crippen MR) is 77.2 cm³/mol. The Hall–Kier alpha value is -1.71. The van der Waals surface area contributed by atoms with E-state index in [-0.39, 0.29) is 5.56 Å². The molecule has 2 rings (SSSR count). The Morgan fingerprint density at radius 1 is 1.11 bits per heavy atom. The maximum Gasteiger partial charge on any atom is 0.335 e. The van der Waals surface area contributed by atoms with Crippen molar-refractivity contribution in [3.05, 3.63) is 63.6 Å². The van der Waals surface area contributed by atoms with Crippen LogP contribution in [0, 0.1) is 0 Å². The summed E-state index contributed by atoms with van der Waals surface area (Å²) in [5.74, 6) is -0.937. The molecular weight excluding hydrogens is 285 g/mol. The summed E-state index contributed by atoms with van der Waals surface area (Å²) in [4.78, 5) is 10.9. The van der Waals surface area contributed by atoms with Crippen molar-refractivity contribution in [1.29, 1.82) is 0 Å². The summed E-state index contributed by atoms with van der Waals surface area (Å²) in [5, 5.41) is 13.2. The van der Waals surface area contributed by atoms with Crippen molar-refractivity contribution in [3.63, 3.8) is 0 Å². The molecule has 0 aliphatic heterocycles. The molecule has 19 heavy (non-hydrogen) atoms. The van der Waals surface area contributed by atoms with Crippen LogP contribution >= 0.6 is 23.2 Å². The van der Waals surface area contributed by atoms with Gasteiger partial charge >= 0.3 is 5.97 Å². The molecular formula is C14H11Cl2NO2. The predicted octanol–water partition coefficient (Wildman–Crippen LogP) is 4.30. The molecule has 0 radical (unpaired) electrons. The number of rotatable bonds is 4. The fourth-order valence-corrected chi connectivity index (χ4v) is 2.20. The lowest BCUT2D eigenvalue weighted by molar-refractivity contribution is 0.0697. The largest absolute Gasteiger partial charge is 0.478 e. The first-order valence-electron chi connectivity index (χ1n) is 5.57. The Morgan fingerprint density at radius 2 is 1.79 bits per heavy atom. The van der Waals surface area contributed by atoms with Crippen molar-refractivity contribution >= 4 is 34.9 Å². The second kappa shape index (κ2) is 5.95. The molecule has 0 bridgehead atoms. The van der Waals surface area contributed by atoms with E-state index in [1.807, 2.05) is 6.07 Å². The monoisotopic (exact) mass is 295 g/mol. The molecule has 0 fully saturated rings. The van der Waals surface area contributed by atoms with E-state index in [1.54, 1.807) is 36.4 Å². The van der Waals surface area contributed by atoms with Crippen LogP contribution < -0.4 is 5.32 Å². The number of carboxylic acid groups (broad SMARTS) is 1. The molecule has 3 nitrogen and oxygen atoms in total. The van der Waals surface area contributed by atoms with E-state index < -0.39 is 5.97 Å². The van der Waals surface area contributed by atoms with Gasteiger partial charge in [0.25, 0.3) is 0 Å². The number of anilines is 1. The van der Waals surface area contributed by atoms with Gasteiger partial charge in [0.05, 0.1) is 5.56 Å². The highest BCUT2D eigenvalue weighted by atomic mass is 35.5. The normalized spacial score (nSPS) is 10.2. The molecule has 0 saturated heterocycles. The van der Waals surface area contributed by atoms with Crippen LogP contribution in [0.2, 0.25) is 10.0 Å². The summed E-state index contributed by atoms with van der Waals surface area (Å²) in [5.41, 5.74) is 1.93. The SMILES string of the molecule is O=C(O)c1cccc(CNc2cc(Cl)cc(Cl)c2)c1. The second-order valence-corrected chi connectivity index (χ2v) is 4.89. The smallest absolute Gasteiger partial charge is 0.335 e. The highest BCUT2D eigenvalue weighted by molar-refractivity contribution is 6.35. The Kier molecular flexibility index (Phi) is 4.30. The van der Waals surface area contributed by atoms with Crippen LogP contribution in [-0.4, -0.2) is 11.1 Å². The van der Waals surface area contributed by atoms with Crippen LogP contribution in [0.15, 0.2) is 42.5 Å². The minimum Gasteiger partial charge on any atom is -0.478 e. The first-order valence-corrected chi connectivity index (χ1v) is 6.32.